The van der Waals surface area contributed by atoms with Crippen LogP contribution in [0.1, 0.15) is 32.1 Å². The summed E-state index contributed by atoms with van der Waals surface area (Å²) in [4.78, 5) is 11.1. The third kappa shape index (κ3) is 4.56. The summed E-state index contributed by atoms with van der Waals surface area (Å²) in [6.45, 7) is 0.800. The first kappa shape index (κ1) is 13.9. The van der Waals surface area contributed by atoms with Crippen LogP contribution in [-0.4, -0.2) is 19.1 Å². The maximum Gasteiger partial charge on any atom is 0.238 e. The SMILES string of the molecule is NCC(=O)Nc1ccc(OCC2CCCCC2)cc1. The van der Waals surface area contributed by atoms with E-state index in [-0.39, 0.29) is 12.5 Å². The molecule has 1 amide bonds. The average molecular weight is 262 g/mol. The van der Waals surface area contributed by atoms with Gasteiger partial charge in [-0.2, -0.15) is 0 Å². The van der Waals surface area contributed by atoms with Gasteiger partial charge in [-0.25, -0.2) is 0 Å². The Bertz CT molecular complexity index is 397. The molecule has 0 aromatic heterocycles. The third-order valence-electron chi connectivity index (χ3n) is 3.53. The van der Waals surface area contributed by atoms with Crippen LogP contribution >= 0.6 is 0 Å². The molecule has 0 saturated heterocycles. The Morgan fingerprint density at radius 1 is 1.21 bits per heavy atom. The van der Waals surface area contributed by atoms with Gasteiger partial charge in [-0.3, -0.25) is 4.79 Å². The van der Waals surface area contributed by atoms with Crippen LogP contribution in [0.4, 0.5) is 5.69 Å². The van der Waals surface area contributed by atoms with Crippen molar-refractivity contribution in [1.29, 1.82) is 0 Å². The summed E-state index contributed by atoms with van der Waals surface area (Å²) < 4.78 is 5.79. The first-order valence-corrected chi connectivity index (χ1v) is 7.00. The highest BCUT2D eigenvalue weighted by Crippen LogP contribution is 2.25. The van der Waals surface area contributed by atoms with Crippen molar-refractivity contribution in [2.75, 3.05) is 18.5 Å². The van der Waals surface area contributed by atoms with E-state index in [1.54, 1.807) is 0 Å². The third-order valence-corrected chi connectivity index (χ3v) is 3.53. The Kier molecular flexibility index (Phi) is 5.21. The summed E-state index contributed by atoms with van der Waals surface area (Å²) in [6.07, 6.45) is 6.59. The highest BCUT2D eigenvalue weighted by Gasteiger charge is 2.13. The topological polar surface area (TPSA) is 64.4 Å². The lowest BCUT2D eigenvalue weighted by atomic mass is 9.90. The molecule has 0 radical (unpaired) electrons. The molecule has 1 saturated carbocycles. The maximum atomic E-state index is 11.1. The second kappa shape index (κ2) is 7.14. The van der Waals surface area contributed by atoms with E-state index < -0.39 is 0 Å². The first-order chi connectivity index (χ1) is 9.28. The standard InChI is InChI=1S/C15H22N2O2/c16-10-15(18)17-13-6-8-14(9-7-13)19-11-12-4-2-1-3-5-12/h6-9,12H,1-5,10-11,16H2,(H,17,18). The fourth-order valence-electron chi connectivity index (χ4n) is 2.41. The largest absolute Gasteiger partial charge is 0.493 e. The number of hydrogen-bond donors (Lipinski definition) is 2. The smallest absolute Gasteiger partial charge is 0.238 e. The highest BCUT2D eigenvalue weighted by molar-refractivity contribution is 5.92. The van der Waals surface area contributed by atoms with Gasteiger partial charge < -0.3 is 15.8 Å². The summed E-state index contributed by atoms with van der Waals surface area (Å²) in [5.41, 5.74) is 5.99. The molecule has 0 unspecified atom stereocenters. The number of carbonyl (C=O) groups excluding carboxylic acids is 1. The summed E-state index contributed by atoms with van der Waals surface area (Å²) in [7, 11) is 0. The molecule has 1 aliphatic carbocycles. The van der Waals surface area contributed by atoms with Gasteiger partial charge in [0.25, 0.3) is 0 Å². The van der Waals surface area contributed by atoms with E-state index in [0.29, 0.717) is 5.92 Å². The van der Waals surface area contributed by atoms with Crippen molar-refractivity contribution in [3.63, 3.8) is 0 Å². The zero-order valence-electron chi connectivity index (χ0n) is 11.2. The molecule has 4 nitrogen and oxygen atoms in total. The van der Waals surface area contributed by atoms with Gasteiger partial charge in [0.2, 0.25) is 5.91 Å². The minimum atomic E-state index is -0.184. The number of hydrogen-bond acceptors (Lipinski definition) is 3. The van der Waals surface area contributed by atoms with Crippen LogP contribution in [0.2, 0.25) is 0 Å². The number of nitrogens with two attached hydrogens (primary N) is 1. The number of carbonyl (C=O) groups is 1. The fraction of sp³-hybridized carbons (Fsp3) is 0.533. The van der Waals surface area contributed by atoms with E-state index >= 15 is 0 Å². The summed E-state index contributed by atoms with van der Waals surface area (Å²) in [5, 5.41) is 2.70. The van der Waals surface area contributed by atoms with Crippen molar-refractivity contribution < 1.29 is 9.53 Å². The number of nitrogens with one attached hydrogen (secondary N) is 1. The minimum Gasteiger partial charge on any atom is -0.493 e. The van der Waals surface area contributed by atoms with Crippen molar-refractivity contribution in [3.8, 4) is 5.75 Å². The molecule has 3 N–H and O–H groups in total. The molecule has 1 aromatic carbocycles. The molecule has 0 aliphatic heterocycles. The second-order valence-electron chi connectivity index (χ2n) is 5.09. The average Bonchev–Trinajstić information content (AvgIpc) is 2.47. The molecular formula is C15H22N2O2. The van der Waals surface area contributed by atoms with E-state index in [4.69, 9.17) is 10.5 Å². The predicted molar refractivity (Wildman–Crippen MR) is 76.2 cm³/mol. The molecule has 0 spiro atoms. The molecule has 0 bridgehead atoms. The van der Waals surface area contributed by atoms with Gasteiger partial charge in [0.05, 0.1) is 13.2 Å². The number of amides is 1. The quantitative estimate of drug-likeness (QED) is 0.857. The van der Waals surface area contributed by atoms with Crippen LogP contribution in [0.5, 0.6) is 5.75 Å². The summed E-state index contributed by atoms with van der Waals surface area (Å²) in [5.74, 6) is 1.37. The maximum absolute atomic E-state index is 11.1. The van der Waals surface area contributed by atoms with E-state index in [9.17, 15) is 4.79 Å². The van der Waals surface area contributed by atoms with Crippen molar-refractivity contribution in [1.82, 2.24) is 0 Å². The van der Waals surface area contributed by atoms with Gasteiger partial charge in [-0.1, -0.05) is 19.3 Å². The molecule has 1 aromatic rings. The number of rotatable bonds is 5. The van der Waals surface area contributed by atoms with Gasteiger partial charge in [-0.05, 0) is 43.0 Å². The summed E-state index contributed by atoms with van der Waals surface area (Å²) in [6, 6.07) is 7.44. The summed E-state index contributed by atoms with van der Waals surface area (Å²) >= 11 is 0. The second-order valence-corrected chi connectivity index (χ2v) is 5.09. The van der Waals surface area contributed by atoms with E-state index in [1.165, 1.54) is 32.1 Å². The van der Waals surface area contributed by atoms with Gasteiger partial charge in [-0.15, -0.1) is 0 Å². The van der Waals surface area contributed by atoms with E-state index in [1.807, 2.05) is 24.3 Å². The van der Waals surface area contributed by atoms with Gasteiger partial charge >= 0.3 is 0 Å². The van der Waals surface area contributed by atoms with Gasteiger partial charge in [0.1, 0.15) is 5.75 Å². The molecule has 4 heteroatoms. The lowest BCUT2D eigenvalue weighted by molar-refractivity contribution is -0.114. The van der Waals surface area contributed by atoms with Crippen LogP contribution in [0.15, 0.2) is 24.3 Å². The molecule has 1 fully saturated rings. The molecule has 0 heterocycles. The van der Waals surface area contributed by atoms with Crippen LogP contribution in [0.25, 0.3) is 0 Å². The van der Waals surface area contributed by atoms with Crippen LogP contribution < -0.4 is 15.8 Å². The van der Waals surface area contributed by atoms with Crippen LogP contribution in [-0.2, 0) is 4.79 Å². The normalized spacial score (nSPS) is 16.1. The Balaban J connectivity index is 1.79. The Morgan fingerprint density at radius 3 is 2.53 bits per heavy atom. The predicted octanol–water partition coefficient (Wildman–Crippen LogP) is 2.54. The van der Waals surface area contributed by atoms with Crippen molar-refractivity contribution in [3.05, 3.63) is 24.3 Å². The zero-order chi connectivity index (χ0) is 13.5. The lowest BCUT2D eigenvalue weighted by Gasteiger charge is -2.21. The molecule has 2 rings (SSSR count). The minimum absolute atomic E-state index is 0.0000680. The number of benzene rings is 1. The first-order valence-electron chi connectivity index (χ1n) is 7.00. The van der Waals surface area contributed by atoms with Crippen LogP contribution in [0, 0.1) is 5.92 Å². The highest BCUT2D eigenvalue weighted by atomic mass is 16.5. The molecular weight excluding hydrogens is 240 g/mol. The monoisotopic (exact) mass is 262 g/mol. The molecule has 0 atom stereocenters. The Hall–Kier alpha value is -1.55. The van der Waals surface area contributed by atoms with Crippen molar-refractivity contribution in [2.45, 2.75) is 32.1 Å². The Labute approximate surface area is 114 Å². The Morgan fingerprint density at radius 2 is 1.89 bits per heavy atom. The fourth-order valence-corrected chi connectivity index (χ4v) is 2.41. The van der Waals surface area contributed by atoms with Crippen molar-refractivity contribution >= 4 is 11.6 Å². The molecule has 19 heavy (non-hydrogen) atoms. The van der Waals surface area contributed by atoms with E-state index in [0.717, 1.165) is 18.0 Å². The van der Waals surface area contributed by atoms with Gasteiger partial charge in [0.15, 0.2) is 0 Å². The number of anilines is 1. The molecule has 104 valence electrons. The van der Waals surface area contributed by atoms with Crippen molar-refractivity contribution in [2.24, 2.45) is 11.7 Å². The number of ether oxygens (including phenoxy) is 1. The van der Waals surface area contributed by atoms with Gasteiger partial charge in [0, 0.05) is 5.69 Å². The van der Waals surface area contributed by atoms with Crippen LogP contribution in [0.3, 0.4) is 0 Å². The van der Waals surface area contributed by atoms with E-state index in [2.05, 4.69) is 5.32 Å². The lowest BCUT2D eigenvalue weighted by Crippen LogP contribution is -2.21. The zero-order valence-corrected chi connectivity index (χ0v) is 11.2. The molecule has 1 aliphatic rings.